The molecule has 0 saturated carbocycles. The maximum Gasteiger partial charge on any atom is 0.328 e. The van der Waals surface area contributed by atoms with Crippen molar-refractivity contribution >= 4 is 22.4 Å². The number of ether oxygens (including phenoxy) is 1. The van der Waals surface area contributed by atoms with Gasteiger partial charge in [-0.15, -0.1) is 0 Å². The van der Waals surface area contributed by atoms with E-state index in [4.69, 9.17) is 9.84 Å². The standard InChI is InChI=1S/C28H32F3NO3/c1-15(10-23(33)34)16-8-9-22-18(11-16)20(14-32-22)19-12-17(27(2,3)4)13-21(28(5,6)7)24(19)35-26(31)25(29)30/h8-14,25-26,32H,1-7H3,(H,33,34). The number of halogens is 3. The van der Waals surface area contributed by atoms with Crippen molar-refractivity contribution in [2.24, 2.45) is 0 Å². The number of aromatic amines is 1. The summed E-state index contributed by atoms with van der Waals surface area (Å²) < 4.78 is 46.1. The number of fused-ring (bicyclic) bond motifs is 1. The number of allylic oxidation sites excluding steroid dienone is 1. The number of rotatable bonds is 6. The van der Waals surface area contributed by atoms with E-state index in [-0.39, 0.29) is 11.2 Å². The zero-order valence-electron chi connectivity index (χ0n) is 21.1. The molecular formula is C28H32F3NO3. The van der Waals surface area contributed by atoms with E-state index in [1.807, 2.05) is 65.8 Å². The third kappa shape index (κ3) is 5.72. The number of carbonyl (C=O) groups is 1. The molecule has 1 aromatic heterocycles. The summed E-state index contributed by atoms with van der Waals surface area (Å²) in [7, 11) is 0. The second-order valence-electron chi connectivity index (χ2n) is 10.8. The minimum absolute atomic E-state index is 0.0717. The molecule has 0 radical (unpaired) electrons. The maximum atomic E-state index is 14.3. The van der Waals surface area contributed by atoms with Gasteiger partial charge in [0.2, 0.25) is 0 Å². The molecule has 0 bridgehead atoms. The Kier molecular flexibility index (Phi) is 7.12. The lowest BCUT2D eigenvalue weighted by atomic mass is 9.78. The predicted octanol–water partition coefficient (Wildman–Crippen LogP) is 7.86. The van der Waals surface area contributed by atoms with E-state index >= 15 is 0 Å². The SMILES string of the molecule is CC(=CC(=O)O)c1ccc2[nH]cc(-c3cc(C(C)(C)C)cc(C(C)(C)C)c3OC(F)C(F)F)c2c1. The van der Waals surface area contributed by atoms with Gasteiger partial charge in [0.05, 0.1) is 0 Å². The van der Waals surface area contributed by atoms with Crippen molar-refractivity contribution in [3.8, 4) is 16.9 Å². The van der Waals surface area contributed by atoms with Crippen LogP contribution in [0.15, 0.2) is 42.6 Å². The monoisotopic (exact) mass is 487 g/mol. The van der Waals surface area contributed by atoms with E-state index in [1.165, 1.54) is 0 Å². The quantitative estimate of drug-likeness (QED) is 0.348. The Labute approximate surface area is 203 Å². The van der Waals surface area contributed by atoms with E-state index in [2.05, 4.69) is 4.98 Å². The summed E-state index contributed by atoms with van der Waals surface area (Å²) in [5.41, 5.74) is 3.94. The Hall–Kier alpha value is -3.22. The van der Waals surface area contributed by atoms with Crippen LogP contribution in [-0.4, -0.2) is 28.8 Å². The van der Waals surface area contributed by atoms with Crippen LogP contribution in [0.4, 0.5) is 13.2 Å². The average Bonchev–Trinajstić information content (AvgIpc) is 3.14. The minimum Gasteiger partial charge on any atom is -0.478 e. The highest BCUT2D eigenvalue weighted by Crippen LogP contribution is 2.45. The smallest absolute Gasteiger partial charge is 0.328 e. The maximum absolute atomic E-state index is 14.3. The van der Waals surface area contributed by atoms with Crippen LogP contribution in [0.5, 0.6) is 5.75 Å². The van der Waals surface area contributed by atoms with Crippen molar-refractivity contribution in [3.63, 3.8) is 0 Å². The highest BCUT2D eigenvalue weighted by Gasteiger charge is 2.31. The molecule has 3 aromatic rings. The van der Waals surface area contributed by atoms with Gasteiger partial charge >= 0.3 is 12.4 Å². The number of nitrogens with one attached hydrogen (secondary N) is 1. The lowest BCUT2D eigenvalue weighted by Gasteiger charge is -2.30. The fourth-order valence-corrected chi connectivity index (χ4v) is 3.97. The number of aromatic nitrogens is 1. The first-order chi connectivity index (χ1) is 16.1. The molecule has 7 heteroatoms. The molecule has 1 unspecified atom stereocenters. The van der Waals surface area contributed by atoms with E-state index in [1.54, 1.807) is 19.2 Å². The van der Waals surface area contributed by atoms with E-state index in [9.17, 15) is 18.0 Å². The van der Waals surface area contributed by atoms with Gasteiger partial charge in [-0.25, -0.2) is 13.6 Å². The summed E-state index contributed by atoms with van der Waals surface area (Å²) in [5.74, 6) is -0.983. The first-order valence-electron chi connectivity index (χ1n) is 11.4. The molecule has 0 amide bonds. The van der Waals surface area contributed by atoms with Crippen LogP contribution >= 0.6 is 0 Å². The Morgan fingerprint density at radius 2 is 1.66 bits per heavy atom. The molecule has 188 valence electrons. The summed E-state index contributed by atoms with van der Waals surface area (Å²) in [6, 6.07) is 9.22. The zero-order chi connectivity index (χ0) is 26.3. The van der Waals surface area contributed by atoms with E-state index < -0.39 is 24.2 Å². The van der Waals surface area contributed by atoms with Gasteiger partial charge < -0.3 is 14.8 Å². The lowest BCUT2D eigenvalue weighted by molar-refractivity contribution is -0.131. The number of hydrogen-bond acceptors (Lipinski definition) is 2. The topological polar surface area (TPSA) is 62.3 Å². The molecule has 0 spiro atoms. The highest BCUT2D eigenvalue weighted by molar-refractivity contribution is 6.00. The largest absolute Gasteiger partial charge is 0.478 e. The van der Waals surface area contributed by atoms with Crippen LogP contribution in [0.3, 0.4) is 0 Å². The second kappa shape index (κ2) is 9.44. The molecule has 0 aliphatic carbocycles. The number of H-pyrrole nitrogens is 1. The van der Waals surface area contributed by atoms with Gasteiger partial charge in [-0.05, 0) is 52.7 Å². The summed E-state index contributed by atoms with van der Waals surface area (Å²) >= 11 is 0. The predicted molar refractivity (Wildman–Crippen MR) is 134 cm³/mol. The number of alkyl halides is 3. The first kappa shape index (κ1) is 26.4. The molecule has 2 N–H and O–H groups in total. The molecule has 0 saturated heterocycles. The molecule has 4 nitrogen and oxygen atoms in total. The molecule has 0 aliphatic heterocycles. The third-order valence-corrected chi connectivity index (χ3v) is 5.96. The van der Waals surface area contributed by atoms with Gasteiger partial charge in [0.25, 0.3) is 6.36 Å². The van der Waals surface area contributed by atoms with Crippen molar-refractivity contribution < 1.29 is 27.8 Å². The van der Waals surface area contributed by atoms with Gasteiger partial charge in [0.1, 0.15) is 5.75 Å². The van der Waals surface area contributed by atoms with Crippen LogP contribution in [0.25, 0.3) is 27.6 Å². The molecule has 2 aromatic carbocycles. The van der Waals surface area contributed by atoms with Gasteiger partial charge in [-0.3, -0.25) is 0 Å². The number of aliphatic carboxylic acids is 1. The Bertz CT molecular complexity index is 1280. The molecule has 0 fully saturated rings. The number of hydrogen-bond donors (Lipinski definition) is 2. The fourth-order valence-electron chi connectivity index (χ4n) is 3.97. The Morgan fingerprint density at radius 3 is 2.20 bits per heavy atom. The normalized spacial score (nSPS) is 14.0. The summed E-state index contributed by atoms with van der Waals surface area (Å²) in [5, 5.41) is 9.87. The first-order valence-corrected chi connectivity index (χ1v) is 11.4. The van der Waals surface area contributed by atoms with Crippen molar-refractivity contribution in [2.75, 3.05) is 0 Å². The van der Waals surface area contributed by atoms with Crippen LogP contribution < -0.4 is 4.74 Å². The van der Waals surface area contributed by atoms with E-state index in [0.29, 0.717) is 27.8 Å². The van der Waals surface area contributed by atoms with E-state index in [0.717, 1.165) is 22.5 Å². The van der Waals surface area contributed by atoms with Crippen molar-refractivity contribution in [3.05, 3.63) is 59.3 Å². The third-order valence-electron chi connectivity index (χ3n) is 5.96. The summed E-state index contributed by atoms with van der Waals surface area (Å²) in [6.07, 6.45) is -3.22. The van der Waals surface area contributed by atoms with Crippen LogP contribution in [-0.2, 0) is 15.6 Å². The second-order valence-corrected chi connectivity index (χ2v) is 10.8. The number of benzene rings is 2. The van der Waals surface area contributed by atoms with Crippen LogP contribution in [0, 0.1) is 0 Å². The van der Waals surface area contributed by atoms with Crippen molar-refractivity contribution in [1.29, 1.82) is 0 Å². The molecule has 3 rings (SSSR count). The molecule has 1 atom stereocenters. The fraction of sp³-hybridized carbons (Fsp3) is 0.393. The highest BCUT2D eigenvalue weighted by atomic mass is 19.3. The summed E-state index contributed by atoms with van der Waals surface area (Å²) in [6.45, 7) is 13.6. The van der Waals surface area contributed by atoms with Gasteiger partial charge in [0.15, 0.2) is 0 Å². The van der Waals surface area contributed by atoms with Crippen LogP contribution in [0.2, 0.25) is 0 Å². The zero-order valence-corrected chi connectivity index (χ0v) is 21.1. The molecule has 1 heterocycles. The van der Waals surface area contributed by atoms with Gasteiger partial charge in [-0.1, -0.05) is 53.7 Å². The van der Waals surface area contributed by atoms with Gasteiger partial charge in [0, 0.05) is 39.9 Å². The number of carboxylic acids is 1. The Morgan fingerprint density at radius 1 is 1.00 bits per heavy atom. The van der Waals surface area contributed by atoms with Crippen molar-refractivity contribution in [1.82, 2.24) is 4.98 Å². The van der Waals surface area contributed by atoms with Crippen molar-refractivity contribution in [2.45, 2.75) is 72.1 Å². The average molecular weight is 488 g/mol. The van der Waals surface area contributed by atoms with Gasteiger partial charge in [-0.2, -0.15) is 4.39 Å². The molecule has 0 aliphatic rings. The van der Waals surface area contributed by atoms with Crippen LogP contribution in [0.1, 0.15) is 65.2 Å². The number of carboxylic acid groups (broad SMARTS) is 1. The molecule has 35 heavy (non-hydrogen) atoms. The lowest BCUT2D eigenvalue weighted by Crippen LogP contribution is -2.24. The summed E-state index contributed by atoms with van der Waals surface area (Å²) in [4.78, 5) is 14.3. The Balaban J connectivity index is 2.38. The molecular weight excluding hydrogens is 455 g/mol. The minimum atomic E-state index is -3.30.